The smallest absolute Gasteiger partial charge is 0.147 e. The number of hydrogen-bond donors (Lipinski definition) is 1. The molecule has 13 heavy (non-hydrogen) atoms. The van der Waals surface area contributed by atoms with E-state index in [1.165, 1.54) is 0 Å². The van der Waals surface area contributed by atoms with Gasteiger partial charge in [0.05, 0.1) is 12.1 Å². The molecule has 4 nitrogen and oxygen atoms in total. The monoisotopic (exact) mass is 183 g/mol. The summed E-state index contributed by atoms with van der Waals surface area (Å²) in [6.07, 6.45) is 0.419. The number of nitrogens with zero attached hydrogens (tertiary/aromatic N) is 3. The maximum absolute atomic E-state index is 9.22. The van der Waals surface area contributed by atoms with Crippen LogP contribution in [0.3, 0.4) is 0 Å². The summed E-state index contributed by atoms with van der Waals surface area (Å²) in [6, 6.07) is 0.209. The van der Waals surface area contributed by atoms with Gasteiger partial charge in [0.25, 0.3) is 0 Å². The molecule has 0 aromatic carbocycles. The summed E-state index contributed by atoms with van der Waals surface area (Å²) in [7, 11) is 0. The Morgan fingerprint density at radius 2 is 2.00 bits per heavy atom. The molecule has 0 amide bonds. The summed E-state index contributed by atoms with van der Waals surface area (Å²) < 4.78 is 1.86. The van der Waals surface area contributed by atoms with Crippen molar-refractivity contribution in [2.45, 2.75) is 46.3 Å². The van der Waals surface area contributed by atoms with Crippen LogP contribution in [0.15, 0.2) is 0 Å². The Hall–Kier alpha value is -0.900. The van der Waals surface area contributed by atoms with E-state index in [1.54, 1.807) is 6.92 Å². The lowest BCUT2D eigenvalue weighted by Crippen LogP contribution is -2.14. The molecule has 0 aliphatic heterocycles. The maximum Gasteiger partial charge on any atom is 0.147 e. The lowest BCUT2D eigenvalue weighted by Gasteiger charge is -2.14. The predicted molar refractivity (Wildman–Crippen MR) is 50.5 cm³/mol. The second-order valence-corrected chi connectivity index (χ2v) is 3.58. The normalized spacial score (nSPS) is 15.8. The molecule has 0 bridgehead atoms. The predicted octanol–water partition coefficient (Wildman–Crippen LogP) is 1.23. The molecule has 0 aliphatic carbocycles. The van der Waals surface area contributed by atoms with Crippen LogP contribution in [0.5, 0.6) is 0 Å². The van der Waals surface area contributed by atoms with E-state index >= 15 is 0 Å². The van der Waals surface area contributed by atoms with Crippen molar-refractivity contribution in [3.8, 4) is 0 Å². The number of aryl methyl sites for hydroxylation is 2. The van der Waals surface area contributed by atoms with Crippen molar-refractivity contribution >= 4 is 0 Å². The van der Waals surface area contributed by atoms with Crippen LogP contribution in [0.2, 0.25) is 0 Å². The Bertz CT molecular complexity index is 280. The first-order valence-corrected chi connectivity index (χ1v) is 4.58. The van der Waals surface area contributed by atoms with E-state index in [2.05, 4.69) is 10.1 Å². The summed E-state index contributed by atoms with van der Waals surface area (Å²) in [4.78, 5) is 4.21. The van der Waals surface area contributed by atoms with Gasteiger partial charge in [-0.3, -0.25) is 0 Å². The van der Waals surface area contributed by atoms with Crippen molar-refractivity contribution in [2.75, 3.05) is 0 Å². The van der Waals surface area contributed by atoms with Gasteiger partial charge >= 0.3 is 0 Å². The van der Waals surface area contributed by atoms with E-state index in [9.17, 15) is 5.11 Å². The van der Waals surface area contributed by atoms with E-state index in [4.69, 9.17) is 0 Å². The Labute approximate surface area is 78.6 Å². The Balaban J connectivity index is 2.76. The topological polar surface area (TPSA) is 50.9 Å². The highest BCUT2D eigenvalue weighted by molar-refractivity contribution is 4.89. The molecule has 2 unspecified atom stereocenters. The summed E-state index contributed by atoms with van der Waals surface area (Å²) in [5.74, 6) is 1.69. The molecule has 1 aromatic rings. The minimum absolute atomic E-state index is 0.209. The minimum Gasteiger partial charge on any atom is -0.393 e. The lowest BCUT2D eigenvalue weighted by molar-refractivity contribution is 0.161. The average molecular weight is 183 g/mol. The van der Waals surface area contributed by atoms with Crippen molar-refractivity contribution in [1.29, 1.82) is 0 Å². The van der Waals surface area contributed by atoms with Gasteiger partial charge in [-0.2, -0.15) is 5.10 Å². The van der Waals surface area contributed by atoms with Crippen molar-refractivity contribution in [3.63, 3.8) is 0 Å². The van der Waals surface area contributed by atoms with E-state index < -0.39 is 0 Å². The third-order valence-corrected chi connectivity index (χ3v) is 2.01. The highest BCUT2D eigenvalue weighted by Gasteiger charge is 2.12. The summed E-state index contributed by atoms with van der Waals surface area (Å²) in [5.41, 5.74) is 0. The van der Waals surface area contributed by atoms with Crippen LogP contribution < -0.4 is 0 Å². The molecule has 0 aliphatic rings. The first-order chi connectivity index (χ1) is 6.00. The molecular formula is C9H17N3O. The highest BCUT2D eigenvalue weighted by Crippen LogP contribution is 2.13. The van der Waals surface area contributed by atoms with Crippen molar-refractivity contribution < 1.29 is 5.11 Å². The fourth-order valence-electron chi connectivity index (χ4n) is 1.55. The first kappa shape index (κ1) is 10.2. The van der Waals surface area contributed by atoms with Crippen LogP contribution in [0.4, 0.5) is 0 Å². The quantitative estimate of drug-likeness (QED) is 0.766. The summed E-state index contributed by atoms with van der Waals surface area (Å²) >= 11 is 0. The Morgan fingerprint density at radius 3 is 2.38 bits per heavy atom. The number of aromatic nitrogens is 3. The van der Waals surface area contributed by atoms with Crippen molar-refractivity contribution in [2.24, 2.45) is 0 Å². The van der Waals surface area contributed by atoms with Gasteiger partial charge in [0, 0.05) is 0 Å². The van der Waals surface area contributed by atoms with Crippen LogP contribution in [0, 0.1) is 13.8 Å². The molecule has 0 radical (unpaired) electrons. The second kappa shape index (κ2) is 3.87. The number of rotatable bonds is 3. The SMILES string of the molecule is Cc1nc(C)n(C(C)CC(C)O)n1. The van der Waals surface area contributed by atoms with Gasteiger partial charge < -0.3 is 5.11 Å². The van der Waals surface area contributed by atoms with Crippen molar-refractivity contribution in [3.05, 3.63) is 11.6 Å². The highest BCUT2D eigenvalue weighted by atomic mass is 16.3. The minimum atomic E-state index is -0.293. The summed E-state index contributed by atoms with van der Waals surface area (Å²) in [5, 5.41) is 13.5. The zero-order valence-corrected chi connectivity index (χ0v) is 8.65. The average Bonchev–Trinajstić information content (AvgIpc) is 2.28. The molecule has 0 saturated heterocycles. The zero-order chi connectivity index (χ0) is 10.0. The Morgan fingerprint density at radius 1 is 1.38 bits per heavy atom. The van der Waals surface area contributed by atoms with Crippen LogP contribution in [0.25, 0.3) is 0 Å². The lowest BCUT2D eigenvalue weighted by atomic mass is 10.1. The van der Waals surface area contributed by atoms with Crippen LogP contribution in [0.1, 0.15) is 38.0 Å². The standard InChI is InChI=1S/C9H17N3O/c1-6(5-7(2)13)12-9(4)10-8(3)11-12/h6-7,13H,5H2,1-4H3. The third-order valence-electron chi connectivity index (χ3n) is 2.01. The van der Waals surface area contributed by atoms with Gasteiger partial charge in [-0.1, -0.05) is 0 Å². The molecule has 1 heterocycles. The fourth-order valence-corrected chi connectivity index (χ4v) is 1.55. The van der Waals surface area contributed by atoms with Gasteiger partial charge in [-0.15, -0.1) is 0 Å². The molecule has 0 saturated carbocycles. The van der Waals surface area contributed by atoms with Gasteiger partial charge in [-0.05, 0) is 34.1 Å². The number of hydrogen-bond acceptors (Lipinski definition) is 3. The molecular weight excluding hydrogens is 166 g/mol. The van der Waals surface area contributed by atoms with Crippen LogP contribution in [-0.4, -0.2) is 26.0 Å². The van der Waals surface area contributed by atoms with Gasteiger partial charge in [0.2, 0.25) is 0 Å². The zero-order valence-electron chi connectivity index (χ0n) is 8.65. The maximum atomic E-state index is 9.22. The molecule has 2 atom stereocenters. The third kappa shape index (κ3) is 2.52. The van der Waals surface area contributed by atoms with Gasteiger partial charge in [0.1, 0.15) is 11.6 Å². The molecule has 0 spiro atoms. The van der Waals surface area contributed by atoms with Crippen LogP contribution in [-0.2, 0) is 0 Å². The van der Waals surface area contributed by atoms with Gasteiger partial charge in [-0.25, -0.2) is 9.67 Å². The molecule has 74 valence electrons. The number of aliphatic hydroxyl groups excluding tert-OH is 1. The van der Waals surface area contributed by atoms with Crippen LogP contribution >= 0.6 is 0 Å². The molecule has 1 aromatic heterocycles. The van der Waals surface area contributed by atoms with E-state index in [-0.39, 0.29) is 12.1 Å². The molecule has 4 heteroatoms. The second-order valence-electron chi connectivity index (χ2n) is 3.58. The first-order valence-electron chi connectivity index (χ1n) is 4.58. The van der Waals surface area contributed by atoms with Gasteiger partial charge in [0.15, 0.2) is 0 Å². The molecule has 0 fully saturated rings. The van der Waals surface area contributed by atoms with E-state index in [1.807, 2.05) is 25.5 Å². The van der Waals surface area contributed by atoms with E-state index in [0.29, 0.717) is 6.42 Å². The van der Waals surface area contributed by atoms with Crippen molar-refractivity contribution in [1.82, 2.24) is 14.8 Å². The largest absolute Gasteiger partial charge is 0.393 e. The molecule has 1 N–H and O–H groups in total. The fraction of sp³-hybridized carbons (Fsp3) is 0.778. The Kier molecular flexibility index (Phi) is 3.03. The summed E-state index contributed by atoms with van der Waals surface area (Å²) in [6.45, 7) is 7.63. The van der Waals surface area contributed by atoms with E-state index in [0.717, 1.165) is 11.6 Å². The number of aliphatic hydroxyl groups is 1. The molecule has 1 rings (SSSR count).